The molecule has 0 amide bonds. The minimum absolute atomic E-state index is 0.124. The van der Waals surface area contributed by atoms with Gasteiger partial charge in [0.15, 0.2) is 0 Å². The van der Waals surface area contributed by atoms with Crippen molar-refractivity contribution in [3.8, 4) is 0 Å². The summed E-state index contributed by atoms with van der Waals surface area (Å²) in [5.41, 5.74) is 0. The molecule has 0 radical (unpaired) electrons. The van der Waals surface area contributed by atoms with E-state index in [1.54, 1.807) is 0 Å². The van der Waals surface area contributed by atoms with Gasteiger partial charge in [-0.3, -0.25) is 0 Å². The molecule has 1 aliphatic rings. The van der Waals surface area contributed by atoms with Gasteiger partial charge in [-0.05, 0) is 91.9 Å². The van der Waals surface area contributed by atoms with Gasteiger partial charge in [0.2, 0.25) is 0 Å². The summed E-state index contributed by atoms with van der Waals surface area (Å²) in [6.45, 7) is 15.5. The summed E-state index contributed by atoms with van der Waals surface area (Å²) in [5, 5.41) is 11.0. The molecule has 7 nitrogen and oxygen atoms in total. The molecule has 0 heterocycles. The molecule has 0 saturated heterocycles. The summed E-state index contributed by atoms with van der Waals surface area (Å²) >= 11 is 4.66. The zero-order chi connectivity index (χ0) is 24.8. The SMILES string of the molecule is CCO[Si](CCCC1CC(CC[Si](OCC)(OCC)OCC)CCC1(O)S)(OCC)OCC. The first kappa shape index (κ1) is 31.5. The van der Waals surface area contributed by atoms with E-state index in [1.807, 2.05) is 41.5 Å². The molecule has 1 fully saturated rings. The number of hydrogen-bond acceptors (Lipinski definition) is 8. The van der Waals surface area contributed by atoms with Crippen LogP contribution in [0.5, 0.6) is 0 Å². The lowest BCUT2D eigenvalue weighted by Gasteiger charge is -2.41. The van der Waals surface area contributed by atoms with Gasteiger partial charge in [-0.1, -0.05) is 0 Å². The van der Waals surface area contributed by atoms with Crippen LogP contribution in [0.1, 0.15) is 80.1 Å². The molecule has 198 valence electrons. The Balaban J connectivity index is 2.74. The molecule has 0 aromatic carbocycles. The van der Waals surface area contributed by atoms with E-state index in [9.17, 15) is 5.11 Å². The summed E-state index contributed by atoms with van der Waals surface area (Å²) in [4.78, 5) is -0.933. The lowest BCUT2D eigenvalue weighted by Crippen LogP contribution is -2.47. The van der Waals surface area contributed by atoms with Gasteiger partial charge in [0.05, 0.1) is 0 Å². The normalized spacial score (nSPS) is 24.4. The average molecular weight is 527 g/mol. The van der Waals surface area contributed by atoms with E-state index in [0.717, 1.165) is 44.2 Å². The summed E-state index contributed by atoms with van der Waals surface area (Å²) < 4.78 is 36.1. The van der Waals surface area contributed by atoms with Crippen LogP contribution in [0.4, 0.5) is 0 Å². The zero-order valence-electron chi connectivity index (χ0n) is 21.9. The van der Waals surface area contributed by atoms with E-state index in [2.05, 4.69) is 12.6 Å². The number of thiol groups is 1. The van der Waals surface area contributed by atoms with Crippen molar-refractivity contribution in [2.75, 3.05) is 39.6 Å². The predicted molar refractivity (Wildman–Crippen MR) is 139 cm³/mol. The number of aliphatic hydroxyl groups is 1. The zero-order valence-corrected chi connectivity index (χ0v) is 24.8. The van der Waals surface area contributed by atoms with Crippen molar-refractivity contribution in [1.82, 2.24) is 0 Å². The Labute approximate surface area is 210 Å². The van der Waals surface area contributed by atoms with Gasteiger partial charge < -0.3 is 31.7 Å². The second-order valence-corrected chi connectivity index (χ2v) is 14.8. The van der Waals surface area contributed by atoms with Crippen LogP contribution in [0.2, 0.25) is 12.1 Å². The van der Waals surface area contributed by atoms with Crippen molar-refractivity contribution in [1.29, 1.82) is 0 Å². The topological polar surface area (TPSA) is 75.6 Å². The van der Waals surface area contributed by atoms with E-state index in [4.69, 9.17) is 26.6 Å². The summed E-state index contributed by atoms with van der Waals surface area (Å²) in [6, 6.07) is 1.59. The van der Waals surface area contributed by atoms with Crippen LogP contribution < -0.4 is 0 Å². The standard InChI is InChI=1S/C23H50O7SSi2/c1-7-25-32(26-8-2,27-9-3)18-13-14-22-20-21(15-17-23(22,24)31)16-19-33(28-10-4,29-11-5)30-12-6/h21-22,24,31H,7-20H2,1-6H3. The Morgan fingerprint density at radius 2 is 1.15 bits per heavy atom. The first-order valence-corrected chi connectivity index (χ1v) is 17.3. The molecular weight excluding hydrogens is 476 g/mol. The first-order valence-electron chi connectivity index (χ1n) is 13.0. The fourth-order valence-corrected chi connectivity index (χ4v) is 10.7. The van der Waals surface area contributed by atoms with Crippen molar-refractivity contribution < 1.29 is 31.7 Å². The number of hydrogen-bond donors (Lipinski definition) is 2. The van der Waals surface area contributed by atoms with Crippen LogP contribution in [0.25, 0.3) is 0 Å². The van der Waals surface area contributed by atoms with Crippen molar-refractivity contribution in [3.05, 3.63) is 0 Å². The molecule has 3 atom stereocenters. The van der Waals surface area contributed by atoms with Gasteiger partial charge in [0.1, 0.15) is 4.93 Å². The van der Waals surface area contributed by atoms with Gasteiger partial charge >= 0.3 is 17.6 Å². The highest BCUT2D eigenvalue weighted by atomic mass is 32.1. The minimum Gasteiger partial charge on any atom is -0.379 e. The van der Waals surface area contributed by atoms with Gasteiger partial charge in [-0.15, -0.1) is 12.6 Å². The molecule has 1 aliphatic carbocycles. The maximum Gasteiger partial charge on any atom is 0.500 e. The quantitative estimate of drug-likeness (QED) is 0.135. The lowest BCUT2D eigenvalue weighted by atomic mass is 9.76. The van der Waals surface area contributed by atoms with Crippen molar-refractivity contribution in [2.45, 2.75) is 97.1 Å². The van der Waals surface area contributed by atoms with E-state index >= 15 is 0 Å². The van der Waals surface area contributed by atoms with Gasteiger partial charge in [0.25, 0.3) is 0 Å². The molecule has 0 aromatic rings. The van der Waals surface area contributed by atoms with E-state index in [-0.39, 0.29) is 5.92 Å². The fraction of sp³-hybridized carbons (Fsp3) is 1.00. The smallest absolute Gasteiger partial charge is 0.379 e. The minimum atomic E-state index is -2.66. The van der Waals surface area contributed by atoms with E-state index in [0.29, 0.717) is 52.0 Å². The highest BCUT2D eigenvalue weighted by molar-refractivity contribution is 7.81. The van der Waals surface area contributed by atoms with Crippen LogP contribution in [-0.4, -0.2) is 67.3 Å². The maximum absolute atomic E-state index is 11.0. The van der Waals surface area contributed by atoms with Crippen LogP contribution in [0.3, 0.4) is 0 Å². The summed E-state index contributed by atoms with van der Waals surface area (Å²) in [5.74, 6) is 0.627. The Bertz CT molecular complexity index is 479. The Kier molecular flexibility index (Phi) is 15.6. The van der Waals surface area contributed by atoms with Crippen molar-refractivity contribution in [3.63, 3.8) is 0 Å². The fourth-order valence-electron chi connectivity index (χ4n) is 4.89. The van der Waals surface area contributed by atoms with Crippen molar-refractivity contribution >= 4 is 30.2 Å². The van der Waals surface area contributed by atoms with E-state index < -0.39 is 22.5 Å². The van der Waals surface area contributed by atoms with Crippen LogP contribution >= 0.6 is 12.6 Å². The molecular formula is C23H50O7SSi2. The number of rotatable bonds is 19. The Morgan fingerprint density at radius 3 is 1.58 bits per heavy atom. The molecule has 3 unspecified atom stereocenters. The van der Waals surface area contributed by atoms with Crippen LogP contribution in [0.15, 0.2) is 0 Å². The van der Waals surface area contributed by atoms with Crippen LogP contribution in [-0.2, 0) is 26.6 Å². The third-order valence-electron chi connectivity index (χ3n) is 6.27. The summed E-state index contributed by atoms with van der Waals surface area (Å²) in [6.07, 6.45) is 5.36. The summed E-state index contributed by atoms with van der Waals surface area (Å²) in [7, 11) is -5.30. The molecule has 1 N–H and O–H groups in total. The van der Waals surface area contributed by atoms with Crippen LogP contribution in [0, 0.1) is 11.8 Å². The monoisotopic (exact) mass is 526 g/mol. The molecule has 10 heteroatoms. The highest BCUT2D eigenvalue weighted by Gasteiger charge is 2.45. The maximum atomic E-state index is 11.0. The predicted octanol–water partition coefficient (Wildman–Crippen LogP) is 5.29. The van der Waals surface area contributed by atoms with Gasteiger partial charge in [-0.25, -0.2) is 0 Å². The molecule has 0 bridgehead atoms. The molecule has 0 aliphatic heterocycles. The van der Waals surface area contributed by atoms with Crippen molar-refractivity contribution in [2.24, 2.45) is 11.8 Å². The van der Waals surface area contributed by atoms with Gasteiger partial charge in [-0.2, -0.15) is 0 Å². The average Bonchev–Trinajstić information content (AvgIpc) is 2.75. The Morgan fingerprint density at radius 1 is 0.727 bits per heavy atom. The second-order valence-electron chi connectivity index (χ2n) is 8.61. The highest BCUT2D eigenvalue weighted by Crippen LogP contribution is 2.44. The molecule has 33 heavy (non-hydrogen) atoms. The second kappa shape index (κ2) is 16.3. The third kappa shape index (κ3) is 10.6. The third-order valence-corrected chi connectivity index (χ3v) is 13.1. The largest absolute Gasteiger partial charge is 0.500 e. The van der Waals surface area contributed by atoms with E-state index in [1.165, 1.54) is 0 Å². The molecule has 0 spiro atoms. The molecule has 1 saturated carbocycles. The van der Waals surface area contributed by atoms with Gasteiger partial charge in [0, 0.05) is 51.7 Å². The molecule has 0 aromatic heterocycles. The lowest BCUT2D eigenvalue weighted by molar-refractivity contribution is 0.0103. The first-order chi connectivity index (χ1) is 15.8. The molecule has 1 rings (SSSR count). The Hall–Kier alpha value is 0.504.